The summed E-state index contributed by atoms with van der Waals surface area (Å²) < 4.78 is 39.7. The molecule has 0 bridgehead atoms. The molecule has 1 unspecified atom stereocenters. The van der Waals surface area contributed by atoms with Crippen molar-refractivity contribution in [3.05, 3.63) is 35.9 Å². The Morgan fingerprint density at radius 1 is 1.22 bits per heavy atom. The second-order valence-electron chi connectivity index (χ2n) is 3.75. The van der Waals surface area contributed by atoms with Gasteiger partial charge in [-0.1, -0.05) is 30.3 Å². The molecule has 0 aromatic heterocycles. The van der Waals surface area contributed by atoms with Gasteiger partial charge in [0.05, 0.1) is 12.0 Å². The zero-order chi connectivity index (χ0) is 13.4. The van der Waals surface area contributed by atoms with Gasteiger partial charge in [0.15, 0.2) is 0 Å². The Labute approximate surface area is 109 Å². The first-order valence-electron chi connectivity index (χ1n) is 5.53. The van der Waals surface area contributed by atoms with Gasteiger partial charge in [-0.15, -0.1) is 11.6 Å². The van der Waals surface area contributed by atoms with E-state index < -0.39 is 12.8 Å². The standard InChI is InChI=1S/C12H15ClF3NO/c13-11(10-4-2-1-3-5-10)8-17-6-7-18-9-12(14,15)16/h1-5,11,17H,6-9H2. The van der Waals surface area contributed by atoms with Gasteiger partial charge >= 0.3 is 6.18 Å². The molecule has 0 spiro atoms. The van der Waals surface area contributed by atoms with E-state index in [2.05, 4.69) is 10.1 Å². The van der Waals surface area contributed by atoms with Gasteiger partial charge in [-0.05, 0) is 5.56 Å². The molecule has 2 nitrogen and oxygen atoms in total. The number of hydrogen-bond donors (Lipinski definition) is 1. The van der Waals surface area contributed by atoms with Gasteiger partial charge in [0.2, 0.25) is 0 Å². The van der Waals surface area contributed by atoms with Crippen molar-refractivity contribution in [1.82, 2.24) is 5.32 Å². The fourth-order valence-electron chi connectivity index (χ4n) is 1.34. The van der Waals surface area contributed by atoms with Gasteiger partial charge < -0.3 is 10.1 Å². The molecule has 102 valence electrons. The first-order valence-corrected chi connectivity index (χ1v) is 5.97. The lowest BCUT2D eigenvalue weighted by Crippen LogP contribution is -2.26. The molecule has 0 amide bonds. The van der Waals surface area contributed by atoms with E-state index in [9.17, 15) is 13.2 Å². The number of hydrogen-bond acceptors (Lipinski definition) is 2. The molecule has 6 heteroatoms. The van der Waals surface area contributed by atoms with Crippen molar-refractivity contribution in [3.63, 3.8) is 0 Å². The van der Waals surface area contributed by atoms with E-state index in [-0.39, 0.29) is 12.0 Å². The lowest BCUT2D eigenvalue weighted by molar-refractivity contribution is -0.173. The molecule has 1 aromatic rings. The van der Waals surface area contributed by atoms with Crippen LogP contribution in [-0.2, 0) is 4.74 Å². The third kappa shape index (κ3) is 6.83. The van der Waals surface area contributed by atoms with Crippen LogP contribution >= 0.6 is 11.6 Å². The van der Waals surface area contributed by atoms with Crippen LogP contribution in [-0.4, -0.2) is 32.5 Å². The highest BCUT2D eigenvalue weighted by atomic mass is 35.5. The number of alkyl halides is 4. The van der Waals surface area contributed by atoms with Crippen LogP contribution in [0.15, 0.2) is 30.3 Å². The van der Waals surface area contributed by atoms with E-state index in [1.807, 2.05) is 30.3 Å². The second kappa shape index (κ2) is 7.61. The number of rotatable bonds is 7. The molecule has 0 heterocycles. The maximum Gasteiger partial charge on any atom is 0.411 e. The van der Waals surface area contributed by atoms with Crippen molar-refractivity contribution in [2.45, 2.75) is 11.6 Å². The van der Waals surface area contributed by atoms with E-state index in [4.69, 9.17) is 11.6 Å². The molecule has 1 aromatic carbocycles. The first-order chi connectivity index (χ1) is 8.49. The Kier molecular flexibility index (Phi) is 6.46. The summed E-state index contributed by atoms with van der Waals surface area (Å²) in [6, 6.07) is 9.47. The van der Waals surface area contributed by atoms with Crippen molar-refractivity contribution in [2.75, 3.05) is 26.3 Å². The summed E-state index contributed by atoms with van der Waals surface area (Å²) in [5.41, 5.74) is 0.975. The molecule has 1 atom stereocenters. The average Bonchev–Trinajstić information content (AvgIpc) is 2.33. The topological polar surface area (TPSA) is 21.3 Å². The Bertz CT molecular complexity index is 332. The van der Waals surface area contributed by atoms with Crippen LogP contribution in [0.25, 0.3) is 0 Å². The second-order valence-corrected chi connectivity index (χ2v) is 4.28. The van der Waals surface area contributed by atoms with Gasteiger partial charge in [-0.3, -0.25) is 0 Å². The van der Waals surface area contributed by atoms with Crippen LogP contribution in [0.3, 0.4) is 0 Å². The molecule has 0 aliphatic rings. The molecule has 1 rings (SSSR count). The summed E-state index contributed by atoms with van der Waals surface area (Å²) in [6.07, 6.45) is -4.26. The van der Waals surface area contributed by atoms with E-state index in [0.29, 0.717) is 13.1 Å². The maximum absolute atomic E-state index is 11.7. The van der Waals surface area contributed by atoms with E-state index in [1.165, 1.54) is 0 Å². The fourth-order valence-corrected chi connectivity index (χ4v) is 1.60. The van der Waals surface area contributed by atoms with Crippen LogP contribution < -0.4 is 5.32 Å². The van der Waals surface area contributed by atoms with Gasteiger partial charge in [0.1, 0.15) is 6.61 Å². The van der Waals surface area contributed by atoms with Gasteiger partial charge in [-0.2, -0.15) is 13.2 Å². The minimum absolute atomic E-state index is 0.0118. The number of halogens is 4. The Morgan fingerprint density at radius 2 is 1.89 bits per heavy atom. The first kappa shape index (κ1) is 15.3. The van der Waals surface area contributed by atoms with Crippen LogP contribution in [0, 0.1) is 0 Å². The molecule has 0 saturated carbocycles. The molecular formula is C12H15ClF3NO. The van der Waals surface area contributed by atoms with E-state index in [0.717, 1.165) is 5.56 Å². The lowest BCUT2D eigenvalue weighted by atomic mass is 10.1. The highest BCUT2D eigenvalue weighted by Gasteiger charge is 2.27. The predicted octanol–water partition coefficient (Wildman–Crippen LogP) is 3.14. The molecular weight excluding hydrogens is 267 g/mol. The minimum Gasteiger partial charge on any atom is -0.371 e. The molecule has 1 N–H and O–H groups in total. The highest BCUT2D eigenvalue weighted by Crippen LogP contribution is 2.18. The van der Waals surface area contributed by atoms with Crippen molar-refractivity contribution in [1.29, 1.82) is 0 Å². The number of nitrogens with one attached hydrogen (secondary N) is 1. The Balaban J connectivity index is 2.08. The molecule has 0 saturated heterocycles. The molecule has 0 fully saturated rings. The summed E-state index contributed by atoms with van der Waals surface area (Å²) in [7, 11) is 0. The predicted molar refractivity (Wildman–Crippen MR) is 64.8 cm³/mol. The quantitative estimate of drug-likeness (QED) is 0.612. The monoisotopic (exact) mass is 281 g/mol. The number of benzene rings is 1. The van der Waals surface area contributed by atoms with Crippen molar-refractivity contribution >= 4 is 11.6 Å². The highest BCUT2D eigenvalue weighted by molar-refractivity contribution is 6.21. The van der Waals surface area contributed by atoms with Crippen LogP contribution in [0.2, 0.25) is 0 Å². The van der Waals surface area contributed by atoms with Gasteiger partial charge in [-0.25, -0.2) is 0 Å². The van der Waals surface area contributed by atoms with Crippen LogP contribution in [0.4, 0.5) is 13.2 Å². The SMILES string of the molecule is FC(F)(F)COCCNCC(Cl)c1ccccc1. The zero-order valence-corrected chi connectivity index (χ0v) is 10.5. The smallest absolute Gasteiger partial charge is 0.371 e. The van der Waals surface area contributed by atoms with Gasteiger partial charge in [0, 0.05) is 13.1 Å². The third-order valence-corrected chi connectivity index (χ3v) is 2.58. The molecule has 0 aliphatic carbocycles. The average molecular weight is 282 g/mol. The summed E-state index contributed by atoms with van der Waals surface area (Å²) >= 11 is 6.11. The maximum atomic E-state index is 11.7. The lowest BCUT2D eigenvalue weighted by Gasteiger charge is -2.12. The Morgan fingerprint density at radius 3 is 2.50 bits per heavy atom. The summed E-state index contributed by atoms with van der Waals surface area (Å²) in [4.78, 5) is 0. The summed E-state index contributed by atoms with van der Waals surface area (Å²) in [5.74, 6) is 0. The molecule has 0 radical (unpaired) electrons. The Hall–Kier alpha value is -0.780. The summed E-state index contributed by atoms with van der Waals surface area (Å²) in [5, 5.41) is 2.75. The largest absolute Gasteiger partial charge is 0.411 e. The zero-order valence-electron chi connectivity index (χ0n) is 9.71. The molecule has 0 aliphatic heterocycles. The van der Waals surface area contributed by atoms with Crippen molar-refractivity contribution < 1.29 is 17.9 Å². The van der Waals surface area contributed by atoms with Crippen molar-refractivity contribution in [3.8, 4) is 0 Å². The number of ether oxygens (including phenoxy) is 1. The van der Waals surface area contributed by atoms with Crippen molar-refractivity contribution in [2.24, 2.45) is 0 Å². The summed E-state index contributed by atoms with van der Waals surface area (Å²) in [6.45, 7) is -0.372. The third-order valence-electron chi connectivity index (χ3n) is 2.17. The van der Waals surface area contributed by atoms with E-state index >= 15 is 0 Å². The minimum atomic E-state index is -4.26. The fraction of sp³-hybridized carbons (Fsp3) is 0.500. The van der Waals surface area contributed by atoms with Crippen LogP contribution in [0.1, 0.15) is 10.9 Å². The van der Waals surface area contributed by atoms with Gasteiger partial charge in [0.25, 0.3) is 0 Å². The van der Waals surface area contributed by atoms with E-state index in [1.54, 1.807) is 0 Å². The normalized spacial score (nSPS) is 13.6. The van der Waals surface area contributed by atoms with Crippen LogP contribution in [0.5, 0.6) is 0 Å². The molecule has 18 heavy (non-hydrogen) atoms.